The van der Waals surface area contributed by atoms with Crippen LogP contribution in [0.1, 0.15) is 5.56 Å². The van der Waals surface area contributed by atoms with Crippen molar-refractivity contribution in [2.45, 2.75) is 0 Å². The number of anilines is 2. The van der Waals surface area contributed by atoms with E-state index in [1.54, 1.807) is 30.3 Å². The zero-order chi connectivity index (χ0) is 18.8. The first-order chi connectivity index (χ1) is 12.4. The van der Waals surface area contributed by atoms with Crippen LogP contribution in [0.3, 0.4) is 0 Å². The second-order valence-electron chi connectivity index (χ2n) is 5.90. The highest BCUT2D eigenvalue weighted by atomic mass is 35.5. The third-order valence-electron chi connectivity index (χ3n) is 3.92. The number of halogens is 1. The van der Waals surface area contributed by atoms with Crippen molar-refractivity contribution in [3.8, 4) is 0 Å². The number of amides is 2. The number of carbonyl (C=O) groups is 2. The van der Waals surface area contributed by atoms with Gasteiger partial charge in [0, 0.05) is 19.8 Å². The lowest BCUT2D eigenvalue weighted by atomic mass is 10.1. The monoisotopic (exact) mass is 385 g/mol. The lowest BCUT2D eigenvalue weighted by molar-refractivity contribution is -0.122. The van der Waals surface area contributed by atoms with Gasteiger partial charge in [0.15, 0.2) is 5.11 Å². The van der Waals surface area contributed by atoms with Crippen molar-refractivity contribution in [1.29, 1.82) is 0 Å². The molecule has 0 aromatic heterocycles. The molecule has 3 rings (SSSR count). The predicted molar refractivity (Wildman–Crippen MR) is 108 cm³/mol. The summed E-state index contributed by atoms with van der Waals surface area (Å²) in [7, 11) is 3.88. The Balaban J connectivity index is 1.99. The lowest BCUT2D eigenvalue weighted by Gasteiger charge is -2.29. The maximum Gasteiger partial charge on any atom is 0.270 e. The Hall–Kier alpha value is -2.70. The number of rotatable bonds is 3. The first kappa shape index (κ1) is 18.1. The highest BCUT2D eigenvalue weighted by Crippen LogP contribution is 2.29. The first-order valence-electron chi connectivity index (χ1n) is 7.82. The molecule has 5 nitrogen and oxygen atoms in total. The van der Waals surface area contributed by atoms with Crippen LogP contribution in [0.2, 0.25) is 5.02 Å². The van der Waals surface area contributed by atoms with Crippen molar-refractivity contribution in [2.24, 2.45) is 0 Å². The summed E-state index contributed by atoms with van der Waals surface area (Å²) in [4.78, 5) is 28.4. The molecule has 26 heavy (non-hydrogen) atoms. The van der Waals surface area contributed by atoms with E-state index in [-0.39, 0.29) is 10.7 Å². The van der Waals surface area contributed by atoms with E-state index in [4.69, 9.17) is 23.8 Å². The van der Waals surface area contributed by atoms with Crippen LogP contribution >= 0.6 is 23.8 Å². The molecule has 1 saturated heterocycles. The quantitative estimate of drug-likeness (QED) is 0.500. The number of hydrogen-bond donors (Lipinski definition) is 1. The molecular formula is C19H16ClN3O2S. The molecule has 1 N–H and O–H groups in total. The molecule has 1 aliphatic heterocycles. The average Bonchev–Trinajstić information content (AvgIpc) is 2.60. The summed E-state index contributed by atoms with van der Waals surface area (Å²) < 4.78 is 0. The van der Waals surface area contributed by atoms with Crippen LogP contribution in [-0.2, 0) is 9.59 Å². The molecule has 0 unspecified atom stereocenters. The van der Waals surface area contributed by atoms with E-state index in [0.717, 1.165) is 11.3 Å². The summed E-state index contributed by atoms with van der Waals surface area (Å²) in [5.41, 5.74) is 2.18. The van der Waals surface area contributed by atoms with Crippen molar-refractivity contribution < 1.29 is 9.59 Å². The van der Waals surface area contributed by atoms with Gasteiger partial charge in [-0.15, -0.1) is 0 Å². The molecule has 0 spiro atoms. The van der Waals surface area contributed by atoms with Gasteiger partial charge >= 0.3 is 0 Å². The highest BCUT2D eigenvalue weighted by molar-refractivity contribution is 7.80. The Morgan fingerprint density at radius 2 is 1.73 bits per heavy atom. The van der Waals surface area contributed by atoms with Crippen molar-refractivity contribution >= 4 is 58.2 Å². The van der Waals surface area contributed by atoms with Gasteiger partial charge in [0.05, 0.1) is 10.7 Å². The number of nitrogens with zero attached hydrogens (tertiary/aromatic N) is 2. The molecule has 1 heterocycles. The van der Waals surface area contributed by atoms with Crippen LogP contribution in [0.4, 0.5) is 11.4 Å². The summed E-state index contributed by atoms with van der Waals surface area (Å²) in [6, 6.07) is 14.3. The van der Waals surface area contributed by atoms with Gasteiger partial charge in [-0.3, -0.25) is 19.8 Å². The van der Waals surface area contributed by atoms with Crippen molar-refractivity contribution in [1.82, 2.24) is 5.32 Å². The van der Waals surface area contributed by atoms with E-state index in [0.29, 0.717) is 10.7 Å². The molecule has 132 valence electrons. The van der Waals surface area contributed by atoms with E-state index in [2.05, 4.69) is 5.32 Å². The Labute approximate surface area is 161 Å². The number of nitrogens with one attached hydrogen (secondary N) is 1. The first-order valence-corrected chi connectivity index (χ1v) is 8.60. The fourth-order valence-corrected chi connectivity index (χ4v) is 3.04. The topological polar surface area (TPSA) is 52.7 Å². The summed E-state index contributed by atoms with van der Waals surface area (Å²) in [6.45, 7) is 0. The third kappa shape index (κ3) is 3.47. The lowest BCUT2D eigenvalue weighted by Crippen LogP contribution is -2.54. The maximum atomic E-state index is 12.9. The molecule has 0 aliphatic carbocycles. The maximum absolute atomic E-state index is 12.9. The molecule has 0 radical (unpaired) electrons. The SMILES string of the molecule is CN(C)c1ccc(/C=C2/C(=O)NC(=S)N(c3ccccc3Cl)C2=O)cc1. The molecule has 2 aromatic rings. The Morgan fingerprint density at radius 1 is 1.08 bits per heavy atom. The standard InChI is InChI=1S/C19H16ClN3O2S/c1-22(2)13-9-7-12(8-10-13)11-14-17(24)21-19(26)23(18(14)25)16-6-4-3-5-15(16)20/h3-11H,1-2H3,(H,21,24,26)/b14-11-. The van der Waals surface area contributed by atoms with Crippen LogP contribution in [0.5, 0.6) is 0 Å². The number of carbonyl (C=O) groups excluding carboxylic acids is 2. The Morgan fingerprint density at radius 3 is 2.35 bits per heavy atom. The number of para-hydroxylation sites is 1. The van der Waals surface area contributed by atoms with Crippen molar-refractivity contribution in [3.63, 3.8) is 0 Å². The second-order valence-corrected chi connectivity index (χ2v) is 6.69. The molecule has 7 heteroatoms. The minimum atomic E-state index is -0.528. The van der Waals surface area contributed by atoms with Gasteiger partial charge in [-0.1, -0.05) is 35.9 Å². The molecule has 2 amide bonds. The Bertz CT molecular complexity index is 923. The molecule has 1 aliphatic rings. The highest BCUT2D eigenvalue weighted by Gasteiger charge is 2.35. The van der Waals surface area contributed by atoms with E-state index in [1.807, 2.05) is 43.3 Å². The fourth-order valence-electron chi connectivity index (χ4n) is 2.54. The van der Waals surface area contributed by atoms with Gasteiger partial charge < -0.3 is 4.90 Å². The van der Waals surface area contributed by atoms with Crippen LogP contribution in [0, 0.1) is 0 Å². The summed E-state index contributed by atoms with van der Waals surface area (Å²) in [6.07, 6.45) is 1.54. The van der Waals surface area contributed by atoms with Gasteiger partial charge in [0.2, 0.25) is 0 Å². The number of thiocarbonyl (C=S) groups is 1. The van der Waals surface area contributed by atoms with Crippen LogP contribution in [-0.4, -0.2) is 31.0 Å². The summed E-state index contributed by atoms with van der Waals surface area (Å²) in [5.74, 6) is -1.04. The van der Waals surface area contributed by atoms with Crippen molar-refractivity contribution in [3.05, 3.63) is 64.7 Å². The number of benzene rings is 2. The third-order valence-corrected chi connectivity index (χ3v) is 4.52. The fraction of sp³-hybridized carbons (Fsp3) is 0.105. The number of hydrogen-bond acceptors (Lipinski definition) is 4. The molecular weight excluding hydrogens is 370 g/mol. The van der Waals surface area contributed by atoms with Crippen molar-refractivity contribution in [2.75, 3.05) is 23.9 Å². The van der Waals surface area contributed by atoms with E-state index < -0.39 is 11.8 Å². The summed E-state index contributed by atoms with van der Waals surface area (Å²) in [5, 5.41) is 2.92. The van der Waals surface area contributed by atoms with Gasteiger partial charge in [0.25, 0.3) is 11.8 Å². The molecule has 2 aromatic carbocycles. The van der Waals surface area contributed by atoms with Gasteiger partial charge in [-0.25, -0.2) is 0 Å². The zero-order valence-corrected chi connectivity index (χ0v) is 15.8. The molecule has 0 atom stereocenters. The van der Waals surface area contributed by atoms with Crippen LogP contribution in [0.15, 0.2) is 54.1 Å². The van der Waals surface area contributed by atoms with Gasteiger partial charge in [-0.05, 0) is 48.1 Å². The largest absolute Gasteiger partial charge is 0.378 e. The molecule has 1 fully saturated rings. The second kappa shape index (κ2) is 7.27. The van der Waals surface area contributed by atoms with E-state index >= 15 is 0 Å². The Kier molecular flexibility index (Phi) is 5.06. The predicted octanol–water partition coefficient (Wildman–Crippen LogP) is 3.24. The van der Waals surface area contributed by atoms with Crippen LogP contribution in [0.25, 0.3) is 6.08 Å². The van der Waals surface area contributed by atoms with E-state index in [1.165, 1.54) is 4.90 Å². The minimum absolute atomic E-state index is 0.00359. The average molecular weight is 386 g/mol. The van der Waals surface area contributed by atoms with E-state index in [9.17, 15) is 9.59 Å². The van der Waals surface area contributed by atoms with Crippen LogP contribution < -0.4 is 15.1 Å². The van der Waals surface area contributed by atoms with Gasteiger partial charge in [-0.2, -0.15) is 0 Å². The minimum Gasteiger partial charge on any atom is -0.378 e. The zero-order valence-electron chi connectivity index (χ0n) is 14.2. The normalized spacial score (nSPS) is 16.0. The molecule has 0 bridgehead atoms. The summed E-state index contributed by atoms with van der Waals surface area (Å²) >= 11 is 11.4. The smallest absolute Gasteiger partial charge is 0.270 e. The van der Waals surface area contributed by atoms with Gasteiger partial charge in [0.1, 0.15) is 5.57 Å². The molecule has 0 saturated carbocycles.